The second kappa shape index (κ2) is 10.3. The first-order chi connectivity index (χ1) is 23.3. The number of nitrogens with one attached hydrogen (secondary N) is 1. The molecule has 0 fully saturated rings. The monoisotopic (exact) mass is 616 g/mol. The van der Waals surface area contributed by atoms with Crippen LogP contribution in [0.15, 0.2) is 164 Å². The van der Waals surface area contributed by atoms with Crippen molar-refractivity contribution in [1.29, 1.82) is 0 Å². The third kappa shape index (κ3) is 4.10. The Bertz CT molecular complexity index is 2740. The van der Waals surface area contributed by atoms with E-state index in [9.17, 15) is 0 Å². The lowest BCUT2D eigenvalue weighted by atomic mass is 10.00. The standard InChI is InChI=1S/C44H28N2S/c1-3-12-30-26-32(24-22-28(30)10-1)46(33-25-23-29-11-2-4-13-31(29)27-33)41-21-9-19-39-38-18-8-17-37(43(38)47-44(39)41)36-16-7-15-35-34-14-5-6-20-40(34)45-42(35)36/h1-27,45H. The lowest BCUT2D eigenvalue weighted by Gasteiger charge is -2.26. The predicted molar refractivity (Wildman–Crippen MR) is 204 cm³/mol. The molecule has 0 unspecified atom stereocenters. The molecule has 10 aromatic rings. The van der Waals surface area contributed by atoms with Gasteiger partial charge in [-0.2, -0.15) is 0 Å². The minimum absolute atomic E-state index is 1.15. The van der Waals surface area contributed by atoms with E-state index in [-0.39, 0.29) is 0 Å². The summed E-state index contributed by atoms with van der Waals surface area (Å²) in [6.45, 7) is 0. The molecule has 0 amide bonds. The van der Waals surface area contributed by atoms with Crippen molar-refractivity contribution in [3.8, 4) is 11.1 Å². The van der Waals surface area contributed by atoms with Gasteiger partial charge in [0, 0.05) is 54.3 Å². The number of anilines is 3. The van der Waals surface area contributed by atoms with Gasteiger partial charge in [-0.15, -0.1) is 11.3 Å². The second-order valence-corrected chi connectivity index (χ2v) is 13.3. The summed E-state index contributed by atoms with van der Waals surface area (Å²) in [5, 5.41) is 10.0. The van der Waals surface area contributed by atoms with Crippen LogP contribution in [0.4, 0.5) is 17.1 Å². The van der Waals surface area contributed by atoms with Crippen LogP contribution in [0.3, 0.4) is 0 Å². The summed E-state index contributed by atoms with van der Waals surface area (Å²) in [5.41, 5.74) is 8.33. The number of para-hydroxylation sites is 2. The van der Waals surface area contributed by atoms with Gasteiger partial charge in [-0.05, 0) is 57.9 Å². The molecule has 10 rings (SSSR count). The lowest BCUT2D eigenvalue weighted by Crippen LogP contribution is -2.10. The Labute approximate surface area is 275 Å². The van der Waals surface area contributed by atoms with E-state index in [1.165, 1.54) is 80.3 Å². The molecule has 0 atom stereocenters. The van der Waals surface area contributed by atoms with Crippen molar-refractivity contribution < 1.29 is 0 Å². The maximum absolute atomic E-state index is 3.74. The van der Waals surface area contributed by atoms with Crippen molar-refractivity contribution in [2.24, 2.45) is 0 Å². The van der Waals surface area contributed by atoms with Gasteiger partial charge in [0.1, 0.15) is 0 Å². The van der Waals surface area contributed by atoms with E-state index in [1.54, 1.807) is 0 Å². The quantitative estimate of drug-likeness (QED) is 0.208. The first-order valence-corrected chi connectivity index (χ1v) is 16.8. The topological polar surface area (TPSA) is 19.0 Å². The van der Waals surface area contributed by atoms with Crippen LogP contribution in [0.5, 0.6) is 0 Å². The van der Waals surface area contributed by atoms with Crippen LogP contribution in [0, 0.1) is 0 Å². The van der Waals surface area contributed by atoms with Crippen LogP contribution < -0.4 is 4.90 Å². The van der Waals surface area contributed by atoms with Crippen molar-refractivity contribution >= 4 is 91.9 Å². The van der Waals surface area contributed by atoms with Crippen molar-refractivity contribution in [2.75, 3.05) is 4.90 Å². The summed E-state index contributed by atoms with van der Waals surface area (Å²) < 4.78 is 2.58. The number of hydrogen-bond donors (Lipinski definition) is 1. The van der Waals surface area contributed by atoms with Gasteiger partial charge in [-0.25, -0.2) is 0 Å². The molecule has 47 heavy (non-hydrogen) atoms. The Morgan fingerprint density at radius 1 is 0.404 bits per heavy atom. The summed E-state index contributed by atoms with van der Waals surface area (Å²) in [6.07, 6.45) is 0. The zero-order chi connectivity index (χ0) is 30.9. The number of hydrogen-bond acceptors (Lipinski definition) is 2. The van der Waals surface area contributed by atoms with E-state index in [0.29, 0.717) is 0 Å². The van der Waals surface area contributed by atoms with Crippen LogP contribution in [0.1, 0.15) is 0 Å². The molecular formula is C44H28N2S. The molecule has 2 aromatic heterocycles. The molecule has 8 aromatic carbocycles. The number of fused-ring (bicyclic) bond motifs is 8. The van der Waals surface area contributed by atoms with E-state index in [4.69, 9.17) is 0 Å². The van der Waals surface area contributed by atoms with Crippen molar-refractivity contribution in [3.63, 3.8) is 0 Å². The molecule has 0 saturated carbocycles. The first-order valence-electron chi connectivity index (χ1n) is 16.0. The fourth-order valence-electron chi connectivity index (χ4n) is 7.35. The average molecular weight is 617 g/mol. The van der Waals surface area contributed by atoms with Gasteiger partial charge < -0.3 is 9.88 Å². The first kappa shape index (κ1) is 26.3. The molecule has 0 spiro atoms. The van der Waals surface area contributed by atoms with Gasteiger partial charge in [-0.3, -0.25) is 0 Å². The highest BCUT2D eigenvalue weighted by Gasteiger charge is 2.21. The number of rotatable bonds is 4. The summed E-state index contributed by atoms with van der Waals surface area (Å²) in [5.74, 6) is 0. The van der Waals surface area contributed by atoms with E-state index in [2.05, 4.69) is 174 Å². The molecule has 0 saturated heterocycles. The SMILES string of the molecule is c1ccc2cc(N(c3ccc4ccccc4c3)c3cccc4c3sc3c(-c5cccc6c5[nH]c5ccccc56)cccc34)ccc2c1. The number of nitrogens with zero attached hydrogens (tertiary/aromatic N) is 1. The summed E-state index contributed by atoms with van der Waals surface area (Å²) in [7, 11) is 0. The molecule has 1 N–H and O–H groups in total. The third-order valence-electron chi connectivity index (χ3n) is 9.56. The highest BCUT2D eigenvalue weighted by Crippen LogP contribution is 2.48. The maximum atomic E-state index is 3.74. The fraction of sp³-hybridized carbons (Fsp3) is 0. The van der Waals surface area contributed by atoms with Crippen LogP contribution in [-0.2, 0) is 0 Å². The Kier molecular flexibility index (Phi) is 5.78. The van der Waals surface area contributed by atoms with Crippen LogP contribution >= 0.6 is 11.3 Å². The highest BCUT2D eigenvalue weighted by atomic mass is 32.1. The van der Waals surface area contributed by atoms with Gasteiger partial charge in [0.2, 0.25) is 0 Å². The number of aromatic amines is 1. The van der Waals surface area contributed by atoms with E-state index >= 15 is 0 Å². The molecule has 3 heteroatoms. The van der Waals surface area contributed by atoms with Crippen LogP contribution in [0.2, 0.25) is 0 Å². The van der Waals surface area contributed by atoms with Gasteiger partial charge >= 0.3 is 0 Å². The van der Waals surface area contributed by atoms with Gasteiger partial charge in [0.05, 0.1) is 15.9 Å². The normalized spacial score (nSPS) is 11.8. The zero-order valence-corrected chi connectivity index (χ0v) is 26.3. The van der Waals surface area contributed by atoms with E-state index in [1.807, 2.05) is 11.3 Å². The molecule has 0 bridgehead atoms. The van der Waals surface area contributed by atoms with Crippen molar-refractivity contribution in [1.82, 2.24) is 4.98 Å². The highest BCUT2D eigenvalue weighted by molar-refractivity contribution is 7.27. The van der Waals surface area contributed by atoms with Gasteiger partial charge in [0.25, 0.3) is 0 Å². The van der Waals surface area contributed by atoms with Crippen molar-refractivity contribution in [2.45, 2.75) is 0 Å². The average Bonchev–Trinajstić information content (AvgIpc) is 3.71. The Morgan fingerprint density at radius 2 is 0.957 bits per heavy atom. The molecule has 0 aliphatic heterocycles. The minimum atomic E-state index is 1.15. The molecule has 220 valence electrons. The van der Waals surface area contributed by atoms with Crippen LogP contribution in [-0.4, -0.2) is 4.98 Å². The predicted octanol–water partition coefficient (Wildman–Crippen LogP) is 13.1. The largest absolute Gasteiger partial charge is 0.354 e. The summed E-state index contributed by atoms with van der Waals surface area (Å²) in [6, 6.07) is 59.7. The minimum Gasteiger partial charge on any atom is -0.354 e. The van der Waals surface area contributed by atoms with E-state index in [0.717, 1.165) is 11.4 Å². The summed E-state index contributed by atoms with van der Waals surface area (Å²) in [4.78, 5) is 6.18. The van der Waals surface area contributed by atoms with Gasteiger partial charge in [0.15, 0.2) is 0 Å². The number of thiophene rings is 1. The Hall–Kier alpha value is -5.90. The molecule has 0 radical (unpaired) electrons. The van der Waals surface area contributed by atoms with Gasteiger partial charge in [-0.1, -0.05) is 127 Å². The number of benzene rings is 8. The number of aromatic nitrogens is 1. The maximum Gasteiger partial charge on any atom is 0.0640 e. The Balaban J connectivity index is 1.24. The van der Waals surface area contributed by atoms with E-state index < -0.39 is 0 Å². The second-order valence-electron chi connectivity index (χ2n) is 12.2. The Morgan fingerprint density at radius 3 is 1.68 bits per heavy atom. The molecule has 0 aliphatic rings. The lowest BCUT2D eigenvalue weighted by molar-refractivity contribution is 1.31. The smallest absolute Gasteiger partial charge is 0.0640 e. The fourth-order valence-corrected chi connectivity index (χ4v) is 8.68. The number of H-pyrrole nitrogens is 1. The zero-order valence-electron chi connectivity index (χ0n) is 25.4. The molecule has 2 nitrogen and oxygen atoms in total. The third-order valence-corrected chi connectivity index (χ3v) is 10.8. The summed E-state index contributed by atoms with van der Waals surface area (Å²) >= 11 is 1.89. The molecular weight excluding hydrogens is 589 g/mol. The van der Waals surface area contributed by atoms with Crippen LogP contribution in [0.25, 0.3) is 74.6 Å². The van der Waals surface area contributed by atoms with Crippen molar-refractivity contribution in [3.05, 3.63) is 164 Å². The molecule has 0 aliphatic carbocycles. The molecule has 2 heterocycles.